The van der Waals surface area contributed by atoms with E-state index in [1.807, 2.05) is 42.5 Å². The van der Waals surface area contributed by atoms with Gasteiger partial charge in [-0.2, -0.15) is 12.6 Å². The fourth-order valence-corrected chi connectivity index (χ4v) is 2.95. The summed E-state index contributed by atoms with van der Waals surface area (Å²) in [6, 6.07) is 13.8. The molecule has 1 unspecified atom stereocenters. The number of hydrogen-bond donors (Lipinski definition) is 2. The molecule has 2 aromatic carbocycles. The Morgan fingerprint density at radius 1 is 1.18 bits per heavy atom. The van der Waals surface area contributed by atoms with Crippen LogP contribution in [-0.4, -0.2) is 17.9 Å². The predicted octanol–water partition coefficient (Wildman–Crippen LogP) is 3.45. The van der Waals surface area contributed by atoms with Crippen molar-refractivity contribution in [2.45, 2.75) is 18.1 Å². The highest BCUT2D eigenvalue weighted by Gasteiger charge is 2.22. The van der Waals surface area contributed by atoms with Gasteiger partial charge in [0.15, 0.2) is 11.5 Å². The van der Waals surface area contributed by atoms with E-state index in [9.17, 15) is 4.79 Å². The molecule has 3 rings (SSSR count). The van der Waals surface area contributed by atoms with Crippen LogP contribution in [0.1, 0.15) is 28.4 Å². The molecule has 0 amide bonds. The summed E-state index contributed by atoms with van der Waals surface area (Å²) in [5.74, 6) is 0.477. The average Bonchev–Trinajstić information content (AvgIpc) is 2.94. The Balaban J connectivity index is 1.97. The number of rotatable bonds is 5. The second-order valence-electron chi connectivity index (χ2n) is 5.18. The number of thiol groups is 1. The van der Waals surface area contributed by atoms with Gasteiger partial charge in [0.05, 0.1) is 6.42 Å². The Morgan fingerprint density at radius 3 is 2.55 bits per heavy atom. The molecule has 2 aromatic rings. The van der Waals surface area contributed by atoms with Crippen LogP contribution >= 0.6 is 12.6 Å². The summed E-state index contributed by atoms with van der Waals surface area (Å²) < 4.78 is 10.8. The molecule has 0 aromatic heterocycles. The highest BCUT2D eigenvalue weighted by atomic mass is 32.1. The minimum Gasteiger partial charge on any atom is -0.481 e. The Morgan fingerprint density at radius 2 is 1.86 bits per heavy atom. The maximum atomic E-state index is 11.0. The van der Waals surface area contributed by atoms with E-state index in [0.29, 0.717) is 17.9 Å². The van der Waals surface area contributed by atoms with Gasteiger partial charge in [-0.1, -0.05) is 30.3 Å². The van der Waals surface area contributed by atoms with Gasteiger partial charge < -0.3 is 14.6 Å². The first-order valence-electron chi connectivity index (χ1n) is 6.99. The zero-order valence-electron chi connectivity index (χ0n) is 11.9. The van der Waals surface area contributed by atoms with Crippen molar-refractivity contribution in [3.63, 3.8) is 0 Å². The van der Waals surface area contributed by atoms with E-state index in [-0.39, 0.29) is 18.5 Å². The standard InChI is InChI=1S/C17H16O4S/c18-17(19)9-16(22)13-8-15-14(20-10-21-15)7-12(13)6-11-4-2-1-3-5-11/h1-5,7-8,16,22H,6,9-10H2,(H,18,19). The minimum atomic E-state index is -0.872. The molecule has 1 atom stereocenters. The van der Waals surface area contributed by atoms with Crippen LogP contribution in [0.5, 0.6) is 11.5 Å². The van der Waals surface area contributed by atoms with E-state index >= 15 is 0 Å². The van der Waals surface area contributed by atoms with Crippen LogP contribution in [0.15, 0.2) is 42.5 Å². The molecule has 114 valence electrons. The van der Waals surface area contributed by atoms with Gasteiger partial charge in [0, 0.05) is 5.25 Å². The molecule has 0 bridgehead atoms. The third-order valence-corrected chi connectivity index (χ3v) is 4.06. The summed E-state index contributed by atoms with van der Waals surface area (Å²) in [5, 5.41) is 8.63. The van der Waals surface area contributed by atoms with Crippen molar-refractivity contribution in [2.24, 2.45) is 0 Å². The first kappa shape index (κ1) is 14.8. The molecule has 5 heteroatoms. The average molecular weight is 316 g/mol. The first-order chi connectivity index (χ1) is 10.6. The van der Waals surface area contributed by atoms with Gasteiger partial charge in [-0.3, -0.25) is 4.79 Å². The van der Waals surface area contributed by atoms with E-state index in [2.05, 4.69) is 12.6 Å². The lowest BCUT2D eigenvalue weighted by Gasteiger charge is -2.15. The second-order valence-corrected chi connectivity index (χ2v) is 5.80. The first-order valence-corrected chi connectivity index (χ1v) is 7.51. The molecular weight excluding hydrogens is 300 g/mol. The van der Waals surface area contributed by atoms with E-state index in [4.69, 9.17) is 14.6 Å². The van der Waals surface area contributed by atoms with E-state index in [0.717, 1.165) is 16.7 Å². The van der Waals surface area contributed by atoms with Crippen molar-refractivity contribution in [2.75, 3.05) is 6.79 Å². The summed E-state index contributed by atoms with van der Waals surface area (Å²) in [5.41, 5.74) is 3.04. The maximum absolute atomic E-state index is 11.0. The van der Waals surface area contributed by atoms with Crippen LogP contribution in [0.25, 0.3) is 0 Å². The lowest BCUT2D eigenvalue weighted by molar-refractivity contribution is -0.137. The Hall–Kier alpha value is -2.14. The second kappa shape index (κ2) is 6.32. The topological polar surface area (TPSA) is 55.8 Å². The molecule has 1 aliphatic rings. The zero-order chi connectivity index (χ0) is 15.5. The fraction of sp³-hybridized carbons (Fsp3) is 0.235. The lowest BCUT2D eigenvalue weighted by Crippen LogP contribution is -2.04. The highest BCUT2D eigenvalue weighted by Crippen LogP contribution is 2.39. The quantitative estimate of drug-likeness (QED) is 0.830. The van der Waals surface area contributed by atoms with Crippen LogP contribution in [0.2, 0.25) is 0 Å². The Labute approximate surface area is 134 Å². The van der Waals surface area contributed by atoms with E-state index in [1.54, 1.807) is 0 Å². The molecule has 0 fully saturated rings. The summed E-state index contributed by atoms with van der Waals surface area (Å²) in [6.07, 6.45) is 0.661. The Bertz CT molecular complexity index is 685. The van der Waals surface area contributed by atoms with Gasteiger partial charge in [0.25, 0.3) is 0 Å². The van der Waals surface area contributed by atoms with Gasteiger partial charge in [0.2, 0.25) is 6.79 Å². The van der Waals surface area contributed by atoms with Crippen molar-refractivity contribution in [3.8, 4) is 11.5 Å². The van der Waals surface area contributed by atoms with Gasteiger partial charge >= 0.3 is 5.97 Å². The van der Waals surface area contributed by atoms with Crippen LogP contribution in [0.3, 0.4) is 0 Å². The summed E-state index contributed by atoms with van der Waals surface area (Å²) in [6.45, 7) is 0.194. The number of carboxylic acid groups (broad SMARTS) is 1. The molecule has 0 saturated heterocycles. The fourth-order valence-electron chi connectivity index (χ4n) is 2.55. The predicted molar refractivity (Wildman–Crippen MR) is 85.8 cm³/mol. The lowest BCUT2D eigenvalue weighted by atomic mass is 9.96. The maximum Gasteiger partial charge on any atom is 0.304 e. The SMILES string of the molecule is O=C(O)CC(S)c1cc2c(cc1Cc1ccccc1)OCO2. The van der Waals surface area contributed by atoms with Gasteiger partial charge in [-0.15, -0.1) is 0 Å². The molecule has 0 radical (unpaired) electrons. The summed E-state index contributed by atoms with van der Waals surface area (Å²) >= 11 is 4.46. The van der Waals surface area contributed by atoms with Crippen LogP contribution in [0, 0.1) is 0 Å². The molecular formula is C17H16O4S. The third-order valence-electron chi connectivity index (χ3n) is 3.60. The van der Waals surface area contributed by atoms with Crippen molar-refractivity contribution in [3.05, 3.63) is 59.2 Å². The Kier molecular flexibility index (Phi) is 4.24. The molecule has 4 nitrogen and oxygen atoms in total. The number of carboxylic acids is 1. The molecule has 0 aliphatic carbocycles. The van der Waals surface area contributed by atoms with Crippen LogP contribution < -0.4 is 9.47 Å². The number of aliphatic carboxylic acids is 1. The monoisotopic (exact) mass is 316 g/mol. The van der Waals surface area contributed by atoms with Crippen molar-refractivity contribution >= 4 is 18.6 Å². The zero-order valence-corrected chi connectivity index (χ0v) is 12.8. The van der Waals surface area contributed by atoms with Gasteiger partial charge in [0.1, 0.15) is 0 Å². The number of carbonyl (C=O) groups is 1. The molecule has 0 spiro atoms. The largest absolute Gasteiger partial charge is 0.481 e. The number of hydrogen-bond acceptors (Lipinski definition) is 4. The van der Waals surface area contributed by atoms with Gasteiger partial charge in [-0.25, -0.2) is 0 Å². The van der Waals surface area contributed by atoms with Crippen molar-refractivity contribution in [1.82, 2.24) is 0 Å². The molecule has 1 N–H and O–H groups in total. The number of fused-ring (bicyclic) bond motifs is 1. The highest BCUT2D eigenvalue weighted by molar-refractivity contribution is 7.80. The van der Waals surface area contributed by atoms with E-state index in [1.165, 1.54) is 0 Å². The summed E-state index contributed by atoms with van der Waals surface area (Å²) in [7, 11) is 0. The van der Waals surface area contributed by atoms with Crippen molar-refractivity contribution in [1.29, 1.82) is 0 Å². The third kappa shape index (κ3) is 3.20. The number of ether oxygens (including phenoxy) is 2. The molecule has 0 saturated carbocycles. The smallest absolute Gasteiger partial charge is 0.304 e. The minimum absolute atomic E-state index is 0.0372. The normalized spacial score (nSPS) is 13.9. The van der Waals surface area contributed by atoms with Crippen LogP contribution in [-0.2, 0) is 11.2 Å². The number of benzene rings is 2. The van der Waals surface area contributed by atoms with Crippen LogP contribution in [0.4, 0.5) is 0 Å². The van der Waals surface area contributed by atoms with Gasteiger partial charge in [-0.05, 0) is 35.2 Å². The van der Waals surface area contributed by atoms with Crippen molar-refractivity contribution < 1.29 is 19.4 Å². The van der Waals surface area contributed by atoms with E-state index < -0.39 is 5.97 Å². The molecule has 22 heavy (non-hydrogen) atoms. The molecule has 1 heterocycles. The molecule has 1 aliphatic heterocycles. The summed E-state index contributed by atoms with van der Waals surface area (Å²) in [4.78, 5) is 11.0.